The van der Waals surface area contributed by atoms with Crippen molar-refractivity contribution in [3.05, 3.63) is 92.4 Å². The number of fused-ring (bicyclic) bond motifs is 2. The minimum atomic E-state index is -0.186. The Hall–Kier alpha value is -3.72. The number of nitrogens with zero attached hydrogens (tertiary/aromatic N) is 5. The quantitative estimate of drug-likeness (QED) is 0.330. The van der Waals surface area contributed by atoms with Crippen molar-refractivity contribution >= 4 is 28.4 Å². The molecule has 4 heterocycles. The Kier molecular flexibility index (Phi) is 5.10. The predicted molar refractivity (Wildman–Crippen MR) is 125 cm³/mol. The first-order valence-corrected chi connectivity index (χ1v) is 11.2. The van der Waals surface area contributed by atoms with Crippen molar-refractivity contribution in [2.75, 3.05) is 0 Å². The summed E-state index contributed by atoms with van der Waals surface area (Å²) in [5.74, 6) is 0.389. The molecule has 0 unspecified atom stereocenters. The van der Waals surface area contributed by atoms with Gasteiger partial charge in [-0.1, -0.05) is 43.0 Å². The predicted octanol–water partition coefficient (Wildman–Crippen LogP) is 3.28. The van der Waals surface area contributed by atoms with Gasteiger partial charge < -0.3 is 0 Å². The van der Waals surface area contributed by atoms with E-state index in [0.29, 0.717) is 33.3 Å². The molecule has 0 aliphatic heterocycles. The number of aromatic amines is 1. The molecule has 0 saturated heterocycles. The smallest absolute Gasteiger partial charge is 0.269 e. The summed E-state index contributed by atoms with van der Waals surface area (Å²) in [6, 6.07) is 14.9. The Balaban J connectivity index is 1.61. The minimum Gasteiger partial charge on any atom is -0.269 e. The Morgan fingerprint density at radius 3 is 2.75 bits per heavy atom. The van der Waals surface area contributed by atoms with Gasteiger partial charge in [0.1, 0.15) is 11.0 Å². The fourth-order valence-corrected chi connectivity index (χ4v) is 4.68. The molecule has 0 aliphatic carbocycles. The Bertz CT molecular complexity index is 1580. The first-order valence-electron chi connectivity index (χ1n) is 10.2. The molecule has 0 bridgehead atoms. The number of hydrogen-bond donors (Lipinski definition) is 1. The van der Waals surface area contributed by atoms with E-state index in [-0.39, 0.29) is 11.1 Å². The van der Waals surface area contributed by atoms with E-state index >= 15 is 0 Å². The van der Waals surface area contributed by atoms with Crippen molar-refractivity contribution in [2.45, 2.75) is 31.2 Å². The summed E-state index contributed by atoms with van der Waals surface area (Å²) in [4.78, 5) is 35.3. The van der Waals surface area contributed by atoms with Gasteiger partial charge in [0.05, 0.1) is 17.6 Å². The Labute approximate surface area is 187 Å². The number of nitrogens with one attached hydrogen (secondary N) is 1. The number of benzene rings is 1. The van der Waals surface area contributed by atoms with Gasteiger partial charge >= 0.3 is 0 Å². The molecule has 1 aromatic carbocycles. The van der Waals surface area contributed by atoms with E-state index in [1.165, 1.54) is 24.0 Å². The van der Waals surface area contributed by atoms with Crippen molar-refractivity contribution in [3.8, 4) is 5.69 Å². The third kappa shape index (κ3) is 3.40. The molecule has 0 radical (unpaired) electrons. The standard InChI is InChI=1S/C23H20N6O2S/c1-3-15-8-4-5-9-18(15)29-22(31)17-12-24-27-21(17)26-23(29)32-13-16-11-20(30)28-14(2)7-6-10-19(28)25-16/h4-12H,3,13H2,1-2H3,(H,24,27). The van der Waals surface area contributed by atoms with Gasteiger partial charge in [-0.05, 0) is 37.1 Å². The maximum atomic E-state index is 13.3. The van der Waals surface area contributed by atoms with Crippen molar-refractivity contribution in [1.29, 1.82) is 0 Å². The van der Waals surface area contributed by atoms with Crippen LogP contribution in [0.25, 0.3) is 22.4 Å². The largest absolute Gasteiger partial charge is 0.269 e. The van der Waals surface area contributed by atoms with Crippen LogP contribution in [0, 0.1) is 6.92 Å². The fourth-order valence-electron chi connectivity index (χ4n) is 3.79. The van der Waals surface area contributed by atoms with Gasteiger partial charge in [-0.15, -0.1) is 0 Å². The van der Waals surface area contributed by atoms with Crippen molar-refractivity contribution in [3.63, 3.8) is 0 Å². The van der Waals surface area contributed by atoms with Gasteiger partial charge in [0.15, 0.2) is 10.8 Å². The second-order valence-electron chi connectivity index (χ2n) is 7.38. The minimum absolute atomic E-state index is 0.130. The zero-order valence-electron chi connectivity index (χ0n) is 17.6. The molecule has 0 fully saturated rings. The summed E-state index contributed by atoms with van der Waals surface area (Å²) in [6.07, 6.45) is 2.27. The third-order valence-electron chi connectivity index (χ3n) is 5.35. The monoisotopic (exact) mass is 444 g/mol. The van der Waals surface area contributed by atoms with Crippen LogP contribution in [0.1, 0.15) is 23.9 Å². The highest BCUT2D eigenvalue weighted by atomic mass is 32.2. The molecule has 0 aliphatic rings. The lowest BCUT2D eigenvalue weighted by Crippen LogP contribution is -2.22. The molecular weight excluding hydrogens is 424 g/mol. The van der Waals surface area contributed by atoms with Crippen molar-refractivity contribution < 1.29 is 0 Å². The van der Waals surface area contributed by atoms with Crippen LogP contribution in [0.15, 0.2) is 69.5 Å². The second kappa shape index (κ2) is 8.08. The lowest BCUT2D eigenvalue weighted by Gasteiger charge is -2.15. The van der Waals surface area contributed by atoms with Crippen LogP contribution in [0.3, 0.4) is 0 Å². The molecule has 1 N–H and O–H groups in total. The van der Waals surface area contributed by atoms with Crippen LogP contribution in [-0.4, -0.2) is 29.1 Å². The second-order valence-corrected chi connectivity index (χ2v) is 8.33. The molecule has 0 spiro atoms. The first-order chi connectivity index (χ1) is 15.6. The zero-order chi connectivity index (χ0) is 22.2. The number of para-hydroxylation sites is 1. The molecule has 4 aromatic heterocycles. The Morgan fingerprint density at radius 1 is 1.06 bits per heavy atom. The normalized spacial score (nSPS) is 11.4. The van der Waals surface area contributed by atoms with Gasteiger partial charge in [0.25, 0.3) is 11.1 Å². The molecule has 8 nitrogen and oxygen atoms in total. The van der Waals surface area contributed by atoms with Crippen LogP contribution in [0.2, 0.25) is 0 Å². The third-order valence-corrected chi connectivity index (χ3v) is 6.32. The average molecular weight is 445 g/mol. The van der Waals surface area contributed by atoms with Crippen molar-refractivity contribution in [1.82, 2.24) is 29.1 Å². The van der Waals surface area contributed by atoms with E-state index in [4.69, 9.17) is 0 Å². The summed E-state index contributed by atoms with van der Waals surface area (Å²) in [5.41, 5.74) is 4.00. The van der Waals surface area contributed by atoms with Crippen LogP contribution in [0.4, 0.5) is 0 Å². The lowest BCUT2D eigenvalue weighted by atomic mass is 10.1. The molecule has 160 valence electrons. The number of thioether (sulfide) groups is 1. The van der Waals surface area contributed by atoms with E-state index in [1.54, 1.807) is 8.97 Å². The zero-order valence-corrected chi connectivity index (χ0v) is 18.4. The molecule has 0 atom stereocenters. The fraction of sp³-hybridized carbons (Fsp3) is 0.174. The summed E-state index contributed by atoms with van der Waals surface area (Å²) in [5, 5.41) is 7.72. The maximum absolute atomic E-state index is 13.3. The molecule has 9 heteroatoms. The van der Waals surface area contributed by atoms with Gasteiger partial charge in [0.2, 0.25) is 0 Å². The van der Waals surface area contributed by atoms with E-state index < -0.39 is 0 Å². The number of rotatable bonds is 5. The average Bonchev–Trinajstić information content (AvgIpc) is 3.27. The van der Waals surface area contributed by atoms with Gasteiger partial charge in [-0.3, -0.25) is 23.7 Å². The Morgan fingerprint density at radius 2 is 1.91 bits per heavy atom. The summed E-state index contributed by atoms with van der Waals surface area (Å²) >= 11 is 1.36. The van der Waals surface area contributed by atoms with Crippen LogP contribution in [0.5, 0.6) is 0 Å². The lowest BCUT2D eigenvalue weighted by molar-refractivity contribution is 0.804. The summed E-state index contributed by atoms with van der Waals surface area (Å²) in [6.45, 7) is 3.92. The number of aryl methyl sites for hydroxylation is 2. The first kappa shape index (κ1) is 20.2. The SMILES string of the molecule is CCc1ccccc1-n1c(SCc2cc(=O)n3c(C)cccc3n2)nc2[nH]ncc2c1=O. The van der Waals surface area contributed by atoms with Crippen LogP contribution in [-0.2, 0) is 12.2 Å². The molecule has 32 heavy (non-hydrogen) atoms. The summed E-state index contributed by atoms with van der Waals surface area (Å²) in [7, 11) is 0. The van der Waals surface area contributed by atoms with E-state index in [2.05, 4.69) is 27.1 Å². The summed E-state index contributed by atoms with van der Waals surface area (Å²) < 4.78 is 3.20. The number of hydrogen-bond acceptors (Lipinski definition) is 6. The maximum Gasteiger partial charge on any atom is 0.269 e. The van der Waals surface area contributed by atoms with Crippen molar-refractivity contribution in [2.24, 2.45) is 0 Å². The van der Waals surface area contributed by atoms with Crippen LogP contribution < -0.4 is 11.1 Å². The molecule has 0 saturated carbocycles. The highest BCUT2D eigenvalue weighted by molar-refractivity contribution is 7.98. The van der Waals surface area contributed by atoms with Gasteiger partial charge in [0, 0.05) is 17.5 Å². The van der Waals surface area contributed by atoms with Gasteiger partial charge in [-0.2, -0.15) is 5.10 Å². The highest BCUT2D eigenvalue weighted by Crippen LogP contribution is 2.25. The van der Waals surface area contributed by atoms with E-state index in [0.717, 1.165) is 23.4 Å². The van der Waals surface area contributed by atoms with Gasteiger partial charge in [-0.25, -0.2) is 9.97 Å². The van der Waals surface area contributed by atoms with E-state index in [9.17, 15) is 9.59 Å². The number of aromatic nitrogens is 6. The van der Waals surface area contributed by atoms with E-state index in [1.807, 2.05) is 49.4 Å². The molecule has 5 rings (SSSR count). The molecule has 5 aromatic rings. The molecule has 0 amide bonds. The highest BCUT2D eigenvalue weighted by Gasteiger charge is 2.17. The van der Waals surface area contributed by atoms with Crippen LogP contribution >= 0.6 is 11.8 Å². The number of pyridine rings is 1. The molecular formula is C23H20N6O2S. The number of H-pyrrole nitrogens is 1. The topological polar surface area (TPSA) is 97.9 Å².